The zero-order chi connectivity index (χ0) is 13.7. The first-order chi connectivity index (χ1) is 9.11. The molecule has 0 aliphatic heterocycles. The van der Waals surface area contributed by atoms with Crippen molar-refractivity contribution in [3.05, 3.63) is 0 Å². The lowest BCUT2D eigenvalue weighted by molar-refractivity contribution is -0.0407. The number of hydrogen-bond donors (Lipinski definition) is 1. The fourth-order valence-electron chi connectivity index (χ4n) is 3.70. The summed E-state index contributed by atoms with van der Waals surface area (Å²) in [6, 6.07) is 0.592. The van der Waals surface area contributed by atoms with Crippen LogP contribution >= 0.6 is 0 Å². The van der Waals surface area contributed by atoms with Crippen LogP contribution in [0.3, 0.4) is 0 Å². The van der Waals surface area contributed by atoms with Crippen molar-refractivity contribution in [2.45, 2.75) is 84.3 Å². The van der Waals surface area contributed by atoms with E-state index in [4.69, 9.17) is 4.74 Å². The normalized spacial score (nSPS) is 31.7. The molecule has 0 aromatic carbocycles. The third kappa shape index (κ3) is 4.75. The molecule has 0 saturated heterocycles. The third-order valence-corrected chi connectivity index (χ3v) is 5.01. The zero-order valence-electron chi connectivity index (χ0n) is 13.2. The molecule has 2 nitrogen and oxygen atoms in total. The van der Waals surface area contributed by atoms with E-state index >= 15 is 0 Å². The predicted octanol–water partition coefficient (Wildman–Crippen LogP) is 4.14. The van der Waals surface area contributed by atoms with Gasteiger partial charge in [0.05, 0.1) is 6.10 Å². The summed E-state index contributed by atoms with van der Waals surface area (Å²) in [6.45, 7) is 9.18. The Balaban J connectivity index is 1.83. The van der Waals surface area contributed by atoms with Gasteiger partial charge in [-0.15, -0.1) is 0 Å². The van der Waals surface area contributed by atoms with Crippen molar-refractivity contribution in [3.8, 4) is 0 Å². The monoisotopic (exact) mass is 267 g/mol. The zero-order valence-corrected chi connectivity index (χ0v) is 13.2. The Hall–Kier alpha value is -0.0800. The van der Waals surface area contributed by atoms with Gasteiger partial charge in [0.2, 0.25) is 0 Å². The van der Waals surface area contributed by atoms with Crippen LogP contribution in [0.4, 0.5) is 0 Å². The van der Waals surface area contributed by atoms with E-state index in [9.17, 15) is 0 Å². The Bertz CT molecular complexity index is 258. The van der Waals surface area contributed by atoms with E-state index in [1.807, 2.05) is 0 Å². The summed E-state index contributed by atoms with van der Waals surface area (Å²) in [4.78, 5) is 0. The summed E-state index contributed by atoms with van der Waals surface area (Å²) < 4.78 is 6.35. The maximum absolute atomic E-state index is 6.35. The molecule has 112 valence electrons. The first-order valence-corrected chi connectivity index (χ1v) is 8.46. The van der Waals surface area contributed by atoms with Crippen LogP contribution < -0.4 is 5.32 Å². The lowest BCUT2D eigenvalue weighted by Crippen LogP contribution is -2.48. The SMILES string of the molecule is CCCNC1CCC(C)(C)CC1OCC1CCCC1. The standard InChI is InChI=1S/C17H33NO/c1-4-11-18-15-9-10-17(2,3)12-16(15)19-13-14-7-5-6-8-14/h14-16,18H,4-13H2,1-3H3. The quantitative estimate of drug-likeness (QED) is 0.781. The van der Waals surface area contributed by atoms with Crippen molar-refractivity contribution in [1.29, 1.82) is 0 Å². The number of rotatable bonds is 6. The van der Waals surface area contributed by atoms with Gasteiger partial charge in [-0.2, -0.15) is 0 Å². The van der Waals surface area contributed by atoms with Crippen molar-refractivity contribution in [3.63, 3.8) is 0 Å². The average molecular weight is 267 g/mol. The summed E-state index contributed by atoms with van der Waals surface area (Å²) in [5.41, 5.74) is 0.463. The fourth-order valence-corrected chi connectivity index (χ4v) is 3.70. The second-order valence-corrected chi connectivity index (χ2v) is 7.49. The molecule has 0 radical (unpaired) electrons. The molecular weight excluding hydrogens is 234 g/mol. The molecule has 2 heteroatoms. The summed E-state index contributed by atoms with van der Waals surface area (Å²) in [5, 5.41) is 3.71. The first kappa shape index (κ1) is 15.3. The van der Waals surface area contributed by atoms with Gasteiger partial charge in [0.15, 0.2) is 0 Å². The van der Waals surface area contributed by atoms with Gasteiger partial charge in [-0.05, 0) is 56.4 Å². The minimum atomic E-state index is 0.441. The average Bonchev–Trinajstić information content (AvgIpc) is 2.87. The van der Waals surface area contributed by atoms with Gasteiger partial charge >= 0.3 is 0 Å². The first-order valence-electron chi connectivity index (χ1n) is 8.46. The van der Waals surface area contributed by atoms with Gasteiger partial charge in [-0.25, -0.2) is 0 Å². The predicted molar refractivity (Wildman–Crippen MR) is 81.4 cm³/mol. The Labute approximate surface area is 119 Å². The molecular formula is C17H33NO. The largest absolute Gasteiger partial charge is 0.376 e. The lowest BCUT2D eigenvalue weighted by atomic mass is 9.74. The van der Waals surface area contributed by atoms with E-state index in [2.05, 4.69) is 26.1 Å². The molecule has 0 bridgehead atoms. The number of nitrogens with one attached hydrogen (secondary N) is 1. The highest BCUT2D eigenvalue weighted by atomic mass is 16.5. The molecule has 0 amide bonds. The van der Waals surface area contributed by atoms with E-state index in [1.54, 1.807) is 0 Å². The summed E-state index contributed by atoms with van der Waals surface area (Å²) in [5.74, 6) is 0.844. The Morgan fingerprint density at radius 1 is 1.16 bits per heavy atom. The molecule has 2 aliphatic carbocycles. The van der Waals surface area contributed by atoms with Crippen LogP contribution in [0.15, 0.2) is 0 Å². The Morgan fingerprint density at radius 3 is 2.58 bits per heavy atom. The van der Waals surface area contributed by atoms with Crippen LogP contribution in [0.5, 0.6) is 0 Å². The van der Waals surface area contributed by atoms with Gasteiger partial charge < -0.3 is 10.1 Å². The maximum Gasteiger partial charge on any atom is 0.0733 e. The van der Waals surface area contributed by atoms with E-state index in [0.29, 0.717) is 17.6 Å². The Morgan fingerprint density at radius 2 is 1.89 bits per heavy atom. The smallest absolute Gasteiger partial charge is 0.0733 e. The summed E-state index contributed by atoms with van der Waals surface area (Å²) in [7, 11) is 0. The molecule has 0 aromatic heterocycles. The summed E-state index contributed by atoms with van der Waals surface area (Å²) in [6.07, 6.45) is 11.1. The van der Waals surface area contributed by atoms with Gasteiger partial charge in [0.1, 0.15) is 0 Å². The van der Waals surface area contributed by atoms with Crippen LogP contribution in [0, 0.1) is 11.3 Å². The molecule has 2 aliphatic rings. The molecule has 2 saturated carbocycles. The number of ether oxygens (including phenoxy) is 1. The molecule has 0 aromatic rings. The van der Waals surface area contributed by atoms with Crippen molar-refractivity contribution in [1.82, 2.24) is 5.32 Å². The maximum atomic E-state index is 6.35. The Kier molecular flexibility index (Phi) is 5.70. The molecule has 19 heavy (non-hydrogen) atoms. The molecule has 2 rings (SSSR count). The second-order valence-electron chi connectivity index (χ2n) is 7.49. The molecule has 2 unspecified atom stereocenters. The van der Waals surface area contributed by atoms with Crippen LogP contribution in [-0.4, -0.2) is 25.3 Å². The highest BCUT2D eigenvalue weighted by Crippen LogP contribution is 2.37. The highest BCUT2D eigenvalue weighted by molar-refractivity contribution is 4.90. The minimum absolute atomic E-state index is 0.441. The van der Waals surface area contributed by atoms with Gasteiger partial charge in [-0.1, -0.05) is 33.6 Å². The molecule has 2 atom stereocenters. The van der Waals surface area contributed by atoms with Crippen molar-refractivity contribution >= 4 is 0 Å². The molecule has 0 spiro atoms. The topological polar surface area (TPSA) is 21.3 Å². The van der Waals surface area contributed by atoms with E-state index in [-0.39, 0.29) is 0 Å². The highest BCUT2D eigenvalue weighted by Gasteiger charge is 2.35. The number of hydrogen-bond acceptors (Lipinski definition) is 2. The van der Waals surface area contributed by atoms with E-state index in [0.717, 1.165) is 19.1 Å². The minimum Gasteiger partial charge on any atom is -0.376 e. The van der Waals surface area contributed by atoms with Gasteiger partial charge in [0.25, 0.3) is 0 Å². The summed E-state index contributed by atoms with van der Waals surface area (Å²) >= 11 is 0. The fraction of sp³-hybridized carbons (Fsp3) is 1.00. The molecule has 1 N–H and O–H groups in total. The van der Waals surface area contributed by atoms with E-state index < -0.39 is 0 Å². The van der Waals surface area contributed by atoms with Crippen LogP contribution in [-0.2, 0) is 4.74 Å². The molecule has 0 heterocycles. The van der Waals surface area contributed by atoms with Crippen LogP contribution in [0.1, 0.15) is 72.1 Å². The molecule has 2 fully saturated rings. The third-order valence-electron chi connectivity index (χ3n) is 5.01. The van der Waals surface area contributed by atoms with Crippen molar-refractivity contribution < 1.29 is 4.74 Å². The van der Waals surface area contributed by atoms with Crippen LogP contribution in [0.2, 0.25) is 0 Å². The van der Waals surface area contributed by atoms with E-state index in [1.165, 1.54) is 51.4 Å². The second kappa shape index (κ2) is 7.08. The van der Waals surface area contributed by atoms with Gasteiger partial charge in [0, 0.05) is 12.6 Å². The van der Waals surface area contributed by atoms with Crippen molar-refractivity contribution in [2.75, 3.05) is 13.2 Å². The lowest BCUT2D eigenvalue weighted by Gasteiger charge is -2.41. The van der Waals surface area contributed by atoms with Crippen molar-refractivity contribution in [2.24, 2.45) is 11.3 Å². The van der Waals surface area contributed by atoms with Gasteiger partial charge in [-0.3, -0.25) is 0 Å². The van der Waals surface area contributed by atoms with Crippen LogP contribution in [0.25, 0.3) is 0 Å².